The molecule has 168 valence electrons. The number of amides is 1. The number of halogens is 1. The second-order valence-corrected chi connectivity index (χ2v) is 8.71. The SMILES string of the molecule is CSNc1ccn(C(=O)N2CCN(Cc3ccc(Cl)c(OC4CCOCC4)c3)CC2)n1. The lowest BCUT2D eigenvalue weighted by Crippen LogP contribution is -2.49. The summed E-state index contributed by atoms with van der Waals surface area (Å²) in [5.41, 5.74) is 1.16. The van der Waals surface area contributed by atoms with Gasteiger partial charge in [0.15, 0.2) is 5.82 Å². The standard InChI is InChI=1S/C21H28ClN5O3S/c1-31-24-20-4-7-27(23-20)21(28)26-10-8-25(9-11-26)15-16-2-3-18(22)19(14-16)30-17-5-12-29-13-6-17/h2-4,7,14,17H,5-6,8-13,15H2,1H3,(H,23,24). The van der Waals surface area contributed by atoms with E-state index in [2.05, 4.69) is 14.7 Å². The van der Waals surface area contributed by atoms with Crippen molar-refractivity contribution in [2.75, 3.05) is 50.4 Å². The quantitative estimate of drug-likeness (QED) is 0.654. The largest absolute Gasteiger partial charge is 0.489 e. The van der Waals surface area contributed by atoms with Crippen molar-refractivity contribution in [1.82, 2.24) is 19.6 Å². The first kappa shape index (κ1) is 22.3. The summed E-state index contributed by atoms with van der Waals surface area (Å²) in [6.45, 7) is 5.22. The molecule has 2 aliphatic rings. The number of ether oxygens (including phenoxy) is 2. The molecule has 1 aromatic carbocycles. The average molecular weight is 466 g/mol. The summed E-state index contributed by atoms with van der Waals surface area (Å²) in [6.07, 6.45) is 5.55. The van der Waals surface area contributed by atoms with Crippen LogP contribution in [-0.2, 0) is 11.3 Å². The highest BCUT2D eigenvalue weighted by Crippen LogP contribution is 2.29. The molecule has 1 aromatic heterocycles. The van der Waals surface area contributed by atoms with E-state index in [1.54, 1.807) is 12.3 Å². The molecule has 2 aliphatic heterocycles. The van der Waals surface area contributed by atoms with E-state index >= 15 is 0 Å². The molecular weight excluding hydrogens is 438 g/mol. The lowest BCUT2D eigenvalue weighted by molar-refractivity contribution is 0.0255. The van der Waals surface area contributed by atoms with Crippen LogP contribution in [0.3, 0.4) is 0 Å². The third-order valence-electron chi connectivity index (χ3n) is 5.50. The number of carbonyl (C=O) groups excluding carboxylic acids is 1. The number of aromatic nitrogens is 2. The Balaban J connectivity index is 1.30. The molecule has 8 nitrogen and oxygen atoms in total. The first-order valence-electron chi connectivity index (χ1n) is 10.5. The van der Waals surface area contributed by atoms with Gasteiger partial charge in [-0.15, -0.1) is 5.10 Å². The Morgan fingerprint density at radius 2 is 2.03 bits per heavy atom. The van der Waals surface area contributed by atoms with Crippen molar-refractivity contribution in [2.24, 2.45) is 0 Å². The summed E-state index contributed by atoms with van der Waals surface area (Å²) in [4.78, 5) is 16.9. The molecule has 0 atom stereocenters. The minimum atomic E-state index is -0.0903. The van der Waals surface area contributed by atoms with Gasteiger partial charge in [-0.25, -0.2) is 4.79 Å². The monoisotopic (exact) mass is 465 g/mol. The van der Waals surface area contributed by atoms with Gasteiger partial charge >= 0.3 is 6.03 Å². The van der Waals surface area contributed by atoms with Crippen LogP contribution in [0, 0.1) is 0 Å². The molecule has 0 spiro atoms. The number of hydrogen-bond acceptors (Lipinski definition) is 7. The Kier molecular flexibility index (Phi) is 7.60. The van der Waals surface area contributed by atoms with E-state index in [0.29, 0.717) is 23.9 Å². The summed E-state index contributed by atoms with van der Waals surface area (Å²) in [5.74, 6) is 1.43. The number of carbonyl (C=O) groups is 1. The minimum Gasteiger partial charge on any atom is -0.489 e. The van der Waals surface area contributed by atoms with Gasteiger partial charge in [0.2, 0.25) is 0 Å². The minimum absolute atomic E-state index is 0.0903. The predicted molar refractivity (Wildman–Crippen MR) is 123 cm³/mol. The topological polar surface area (TPSA) is 71.9 Å². The molecule has 4 rings (SSSR count). The summed E-state index contributed by atoms with van der Waals surface area (Å²) < 4.78 is 16.0. The highest BCUT2D eigenvalue weighted by Gasteiger charge is 2.23. The Labute approximate surface area is 191 Å². The van der Waals surface area contributed by atoms with Gasteiger partial charge in [0, 0.05) is 64.1 Å². The van der Waals surface area contributed by atoms with E-state index in [-0.39, 0.29) is 12.1 Å². The average Bonchev–Trinajstić information content (AvgIpc) is 3.26. The first-order chi connectivity index (χ1) is 15.1. The van der Waals surface area contributed by atoms with Gasteiger partial charge in [0.25, 0.3) is 0 Å². The molecule has 0 bridgehead atoms. The Morgan fingerprint density at radius 3 is 2.77 bits per heavy atom. The third-order valence-corrected chi connectivity index (χ3v) is 6.22. The van der Waals surface area contributed by atoms with Crippen LogP contribution in [0.5, 0.6) is 5.75 Å². The molecule has 1 amide bonds. The van der Waals surface area contributed by atoms with Crippen LogP contribution in [0.1, 0.15) is 18.4 Å². The fraction of sp³-hybridized carbons (Fsp3) is 0.524. The summed E-state index contributed by atoms with van der Waals surface area (Å²) in [7, 11) is 0. The van der Waals surface area contributed by atoms with Crippen molar-refractivity contribution < 1.29 is 14.3 Å². The fourth-order valence-corrected chi connectivity index (χ4v) is 4.28. The highest BCUT2D eigenvalue weighted by atomic mass is 35.5. The molecule has 10 heteroatoms. The van der Waals surface area contributed by atoms with Crippen LogP contribution in [0.25, 0.3) is 0 Å². The molecule has 2 fully saturated rings. The number of benzene rings is 1. The Morgan fingerprint density at radius 1 is 1.26 bits per heavy atom. The first-order valence-corrected chi connectivity index (χ1v) is 12.1. The van der Waals surface area contributed by atoms with Crippen LogP contribution in [0.2, 0.25) is 5.02 Å². The summed E-state index contributed by atoms with van der Waals surface area (Å²) in [5, 5.41) is 4.91. The van der Waals surface area contributed by atoms with E-state index in [1.807, 2.05) is 29.4 Å². The van der Waals surface area contributed by atoms with Crippen molar-refractivity contribution in [3.8, 4) is 5.75 Å². The van der Waals surface area contributed by atoms with Crippen LogP contribution in [0.4, 0.5) is 10.6 Å². The number of nitrogens with one attached hydrogen (secondary N) is 1. The molecular formula is C21H28ClN5O3S. The normalized spacial score (nSPS) is 18.2. The molecule has 0 saturated carbocycles. The van der Waals surface area contributed by atoms with Crippen LogP contribution < -0.4 is 9.46 Å². The van der Waals surface area contributed by atoms with Crippen molar-refractivity contribution in [3.63, 3.8) is 0 Å². The van der Waals surface area contributed by atoms with E-state index < -0.39 is 0 Å². The molecule has 0 radical (unpaired) electrons. The van der Waals surface area contributed by atoms with Gasteiger partial charge in [-0.1, -0.05) is 29.6 Å². The smallest absolute Gasteiger partial charge is 0.344 e. The van der Waals surface area contributed by atoms with Crippen molar-refractivity contribution in [1.29, 1.82) is 0 Å². The van der Waals surface area contributed by atoms with Gasteiger partial charge in [0.05, 0.1) is 18.2 Å². The molecule has 1 N–H and O–H groups in total. The summed E-state index contributed by atoms with van der Waals surface area (Å²) in [6, 6.07) is 7.70. The third kappa shape index (κ3) is 5.85. The molecule has 3 heterocycles. The van der Waals surface area contributed by atoms with E-state index in [4.69, 9.17) is 21.1 Å². The van der Waals surface area contributed by atoms with E-state index in [0.717, 1.165) is 57.0 Å². The lowest BCUT2D eigenvalue weighted by atomic mass is 10.1. The second-order valence-electron chi connectivity index (χ2n) is 7.69. The Hall–Kier alpha value is -1.94. The zero-order valence-corrected chi connectivity index (χ0v) is 19.2. The van der Waals surface area contributed by atoms with Crippen LogP contribution in [0.15, 0.2) is 30.5 Å². The maximum Gasteiger partial charge on any atom is 0.344 e. The molecule has 2 saturated heterocycles. The predicted octanol–water partition coefficient (Wildman–Crippen LogP) is 3.57. The van der Waals surface area contributed by atoms with Gasteiger partial charge in [-0.2, -0.15) is 4.68 Å². The zero-order chi connectivity index (χ0) is 21.6. The fourth-order valence-electron chi connectivity index (χ4n) is 3.80. The van der Waals surface area contributed by atoms with Gasteiger partial charge in [-0.05, 0) is 17.7 Å². The summed E-state index contributed by atoms with van der Waals surface area (Å²) >= 11 is 7.81. The number of hydrogen-bond donors (Lipinski definition) is 1. The van der Waals surface area contributed by atoms with Crippen molar-refractivity contribution >= 4 is 35.4 Å². The molecule has 0 aliphatic carbocycles. The number of piperazine rings is 1. The van der Waals surface area contributed by atoms with Gasteiger partial charge < -0.3 is 19.1 Å². The number of nitrogens with zero attached hydrogens (tertiary/aromatic N) is 4. The van der Waals surface area contributed by atoms with Crippen LogP contribution in [-0.4, -0.2) is 77.4 Å². The molecule has 0 unspecified atom stereocenters. The maximum absolute atomic E-state index is 12.7. The highest BCUT2D eigenvalue weighted by molar-refractivity contribution is 7.99. The zero-order valence-electron chi connectivity index (χ0n) is 17.6. The number of rotatable bonds is 6. The van der Waals surface area contributed by atoms with E-state index in [9.17, 15) is 4.79 Å². The maximum atomic E-state index is 12.7. The lowest BCUT2D eigenvalue weighted by Gasteiger charge is -2.34. The molecule has 31 heavy (non-hydrogen) atoms. The van der Waals surface area contributed by atoms with Gasteiger partial charge in [-0.3, -0.25) is 4.90 Å². The van der Waals surface area contributed by atoms with E-state index in [1.165, 1.54) is 16.6 Å². The van der Waals surface area contributed by atoms with Crippen molar-refractivity contribution in [3.05, 3.63) is 41.0 Å². The molecule has 2 aromatic rings. The second kappa shape index (κ2) is 10.6. The Bertz CT molecular complexity index is 882. The number of anilines is 1. The van der Waals surface area contributed by atoms with Gasteiger partial charge in [0.1, 0.15) is 11.9 Å². The van der Waals surface area contributed by atoms with Crippen molar-refractivity contribution in [2.45, 2.75) is 25.5 Å². The van der Waals surface area contributed by atoms with Crippen LogP contribution >= 0.6 is 23.5 Å².